The van der Waals surface area contributed by atoms with Gasteiger partial charge in [-0.3, -0.25) is 20.4 Å². The van der Waals surface area contributed by atoms with E-state index >= 15 is 0 Å². The SMILES string of the molecule is CCCCCCOC(=O)NC(=N)c1ccc(NCc2nc3cc(C(=O)N(CCC(O)=[SH]C(C)C)c4ccccn4)ccc3n2C)cc1. The number of amidine groups is 1. The Bertz CT molecular complexity index is 1690. The standard InChI is InChI=1S/C35H45N7O4S/c1-5-6-7-10-21-46-35(45)40-33(36)25-12-15-27(16-13-25)38-23-31-39-28-22-26(14-17-29(28)41(31)4)34(44)42(30-11-8-9-19-37-30)20-18-32(43)47-24(2)3/h8-9,11-17,19,22,24,38,43,47H,5-7,10,18,20-21,23H2,1-4H3,(H2,36,40,45). The molecule has 11 nitrogen and oxygen atoms in total. The molecular weight excluding hydrogens is 614 g/mol. The first-order valence-electron chi connectivity index (χ1n) is 16.0. The van der Waals surface area contributed by atoms with Crippen LogP contribution >= 0.6 is 11.4 Å². The van der Waals surface area contributed by atoms with Crippen LogP contribution in [0.15, 0.2) is 66.9 Å². The minimum absolute atomic E-state index is 0.0254. The molecule has 2 amide bonds. The maximum atomic E-state index is 13.7. The van der Waals surface area contributed by atoms with Gasteiger partial charge in [0.2, 0.25) is 0 Å². The van der Waals surface area contributed by atoms with E-state index in [1.54, 1.807) is 47.5 Å². The summed E-state index contributed by atoms with van der Waals surface area (Å²) in [6.07, 6.45) is 5.43. The predicted molar refractivity (Wildman–Crippen MR) is 192 cm³/mol. The molecule has 0 bridgehead atoms. The van der Waals surface area contributed by atoms with Gasteiger partial charge in [0, 0.05) is 43.0 Å². The van der Waals surface area contributed by atoms with Gasteiger partial charge in [0.15, 0.2) is 0 Å². The van der Waals surface area contributed by atoms with E-state index in [9.17, 15) is 14.7 Å². The van der Waals surface area contributed by atoms with Gasteiger partial charge < -0.3 is 19.7 Å². The lowest BCUT2D eigenvalue weighted by molar-refractivity contribution is 0.0986. The number of anilines is 2. The molecule has 0 saturated heterocycles. The number of hydrogen-bond donors (Lipinski definition) is 5. The predicted octanol–water partition coefficient (Wildman–Crippen LogP) is 6.81. The molecule has 12 heteroatoms. The number of fused-ring (bicyclic) bond motifs is 1. The molecule has 2 heterocycles. The van der Waals surface area contributed by atoms with Crippen molar-refractivity contribution in [1.82, 2.24) is 19.9 Å². The molecule has 250 valence electrons. The first-order valence-corrected chi connectivity index (χ1v) is 16.9. The third-order valence-corrected chi connectivity index (χ3v) is 8.48. The number of carbonyl (C=O) groups is 2. The van der Waals surface area contributed by atoms with Gasteiger partial charge in [0.05, 0.1) is 29.2 Å². The van der Waals surface area contributed by atoms with Gasteiger partial charge in [-0.05, 0) is 66.3 Å². The van der Waals surface area contributed by atoms with Crippen molar-refractivity contribution in [2.75, 3.05) is 23.4 Å². The number of aryl methyl sites for hydroxylation is 1. The number of thiol groups is 1. The van der Waals surface area contributed by atoms with Crippen LogP contribution in [0.4, 0.5) is 16.3 Å². The monoisotopic (exact) mass is 659 g/mol. The quantitative estimate of drug-likeness (QED) is 0.0310. The van der Waals surface area contributed by atoms with E-state index in [1.165, 1.54) is 0 Å². The number of nitrogens with one attached hydrogen (secondary N) is 3. The highest BCUT2D eigenvalue weighted by Crippen LogP contribution is 2.22. The maximum Gasteiger partial charge on any atom is 0.412 e. The number of benzene rings is 2. The second-order valence-electron chi connectivity index (χ2n) is 11.5. The fourth-order valence-corrected chi connectivity index (χ4v) is 5.77. The van der Waals surface area contributed by atoms with Gasteiger partial charge in [0.25, 0.3) is 5.91 Å². The summed E-state index contributed by atoms with van der Waals surface area (Å²) >= 11 is 0.851. The van der Waals surface area contributed by atoms with E-state index in [1.807, 2.05) is 49.7 Å². The molecule has 0 unspecified atom stereocenters. The molecule has 2 aromatic carbocycles. The van der Waals surface area contributed by atoms with Crippen LogP contribution < -0.4 is 15.5 Å². The molecule has 2 aromatic heterocycles. The molecule has 0 aliphatic heterocycles. The third kappa shape index (κ3) is 10.2. The third-order valence-electron chi connectivity index (χ3n) is 7.44. The largest absolute Gasteiger partial charge is 0.449 e. The van der Waals surface area contributed by atoms with Gasteiger partial charge in [0.1, 0.15) is 17.5 Å². The molecule has 0 aliphatic carbocycles. The molecule has 0 atom stereocenters. The Morgan fingerprint density at radius 3 is 2.53 bits per heavy atom. The van der Waals surface area contributed by atoms with Crippen molar-refractivity contribution in [3.8, 4) is 0 Å². The summed E-state index contributed by atoms with van der Waals surface area (Å²) in [4.78, 5) is 36.5. The molecule has 0 fully saturated rings. The Labute approximate surface area is 279 Å². The summed E-state index contributed by atoms with van der Waals surface area (Å²) in [5.41, 5.74) is 3.44. The lowest BCUT2D eigenvalue weighted by Gasteiger charge is -2.22. The number of amides is 2. The highest BCUT2D eigenvalue weighted by molar-refractivity contribution is 7.98. The first kappa shape index (κ1) is 35.3. The molecule has 0 saturated carbocycles. The Hall–Kier alpha value is -4.55. The van der Waals surface area contributed by atoms with Crippen LogP contribution in [-0.4, -0.2) is 60.9 Å². The topological polar surface area (TPSA) is 145 Å². The normalized spacial score (nSPS) is 11.7. The molecule has 0 aliphatic rings. The lowest BCUT2D eigenvalue weighted by Crippen LogP contribution is -2.33. The Morgan fingerprint density at radius 1 is 1.06 bits per heavy atom. The highest BCUT2D eigenvalue weighted by atomic mass is 32.1. The number of alkyl carbamates (subject to hydrolysis) is 1. The molecule has 4 aromatic rings. The molecule has 47 heavy (non-hydrogen) atoms. The molecule has 0 spiro atoms. The summed E-state index contributed by atoms with van der Waals surface area (Å²) in [6, 6.07) is 18.1. The molecular formula is C35H45N7O4S. The smallest absolute Gasteiger partial charge is 0.412 e. The number of ether oxygens (including phenoxy) is 1. The summed E-state index contributed by atoms with van der Waals surface area (Å²) in [5.74, 6) is 1.05. The van der Waals surface area contributed by atoms with Crippen molar-refractivity contribution in [1.29, 1.82) is 5.41 Å². The first-order chi connectivity index (χ1) is 22.7. The van der Waals surface area contributed by atoms with Gasteiger partial charge in [-0.25, -0.2) is 14.8 Å². The highest BCUT2D eigenvalue weighted by Gasteiger charge is 2.21. The summed E-state index contributed by atoms with van der Waals surface area (Å²) in [6.45, 7) is 7.26. The summed E-state index contributed by atoms with van der Waals surface area (Å²) < 4.78 is 7.14. The van der Waals surface area contributed by atoms with E-state index in [2.05, 4.69) is 22.5 Å². The number of pyridine rings is 1. The Morgan fingerprint density at radius 2 is 1.83 bits per heavy atom. The summed E-state index contributed by atoms with van der Waals surface area (Å²) in [5, 5.41) is 25.1. The number of hydrogen-bond acceptors (Lipinski definition) is 7. The number of aliphatic hydroxyl groups excluding tert-OH is 1. The fourth-order valence-electron chi connectivity index (χ4n) is 4.94. The van der Waals surface area contributed by atoms with E-state index in [-0.39, 0.29) is 11.7 Å². The minimum Gasteiger partial charge on any atom is -0.449 e. The van der Waals surface area contributed by atoms with Gasteiger partial charge >= 0.3 is 6.09 Å². The number of aromatic nitrogens is 3. The van der Waals surface area contributed by atoms with Crippen LogP contribution in [0.2, 0.25) is 0 Å². The van der Waals surface area contributed by atoms with Gasteiger partial charge in [-0.2, -0.15) is 11.4 Å². The van der Waals surface area contributed by atoms with Gasteiger partial charge in [-0.15, -0.1) is 0 Å². The Kier molecular flexibility index (Phi) is 13.1. The van der Waals surface area contributed by atoms with Crippen molar-refractivity contribution >= 4 is 56.8 Å². The minimum atomic E-state index is -0.621. The zero-order chi connectivity index (χ0) is 33.8. The molecule has 0 radical (unpaired) electrons. The van der Waals surface area contributed by atoms with Crippen molar-refractivity contribution < 1.29 is 19.4 Å². The van der Waals surface area contributed by atoms with E-state index < -0.39 is 6.09 Å². The van der Waals surface area contributed by atoms with Crippen LogP contribution in [0, 0.1) is 5.41 Å². The van der Waals surface area contributed by atoms with Crippen molar-refractivity contribution in [2.45, 2.75) is 64.7 Å². The second kappa shape index (κ2) is 17.4. The average Bonchev–Trinajstić information content (AvgIpc) is 3.38. The van der Waals surface area contributed by atoms with Crippen LogP contribution in [0.1, 0.15) is 74.6 Å². The van der Waals surface area contributed by atoms with Crippen LogP contribution in [0.3, 0.4) is 0 Å². The van der Waals surface area contributed by atoms with Gasteiger partial charge in [-0.1, -0.05) is 46.1 Å². The zero-order valence-corrected chi connectivity index (χ0v) is 28.4. The lowest BCUT2D eigenvalue weighted by atomic mass is 10.1. The van der Waals surface area contributed by atoms with Crippen LogP contribution in [0.5, 0.6) is 0 Å². The van der Waals surface area contributed by atoms with Crippen molar-refractivity contribution in [3.63, 3.8) is 0 Å². The number of rotatable bonds is 15. The fraction of sp³-hybridized carbons (Fsp3) is 0.371. The number of nitrogens with zero attached hydrogens (tertiary/aromatic N) is 4. The molecule has 4 N–H and O–H groups in total. The maximum absolute atomic E-state index is 13.7. The number of unbranched alkanes of at least 4 members (excludes halogenated alkanes) is 3. The summed E-state index contributed by atoms with van der Waals surface area (Å²) in [7, 11) is 1.93. The van der Waals surface area contributed by atoms with E-state index in [4.69, 9.17) is 15.1 Å². The number of carbonyl (C=O) groups excluding carboxylic acids is 2. The van der Waals surface area contributed by atoms with Crippen molar-refractivity contribution in [3.05, 3.63) is 83.8 Å². The Balaban J connectivity index is 1.39. The number of imidazole rings is 1. The second-order valence-corrected chi connectivity index (χ2v) is 13.3. The average molecular weight is 660 g/mol. The van der Waals surface area contributed by atoms with E-state index in [0.717, 1.165) is 54.1 Å². The number of aliphatic hydroxyl groups is 1. The van der Waals surface area contributed by atoms with E-state index in [0.29, 0.717) is 58.9 Å². The van der Waals surface area contributed by atoms with Crippen LogP contribution in [0.25, 0.3) is 11.0 Å². The zero-order valence-electron chi connectivity index (χ0n) is 27.5. The molecule has 4 rings (SSSR count). The van der Waals surface area contributed by atoms with Crippen LogP contribution in [-0.2, 0) is 18.3 Å². The van der Waals surface area contributed by atoms with Crippen molar-refractivity contribution in [2.24, 2.45) is 7.05 Å².